The number of nitrogens with zero attached hydrogens (tertiary/aromatic N) is 4. The lowest BCUT2D eigenvalue weighted by molar-refractivity contribution is -0.127. The zero-order chi connectivity index (χ0) is 17.4. The molecule has 0 saturated carbocycles. The van der Waals surface area contributed by atoms with E-state index < -0.39 is 0 Å². The van der Waals surface area contributed by atoms with Gasteiger partial charge in [-0.2, -0.15) is 5.10 Å². The number of guanidine groups is 1. The van der Waals surface area contributed by atoms with Crippen LogP contribution in [-0.4, -0.2) is 60.3 Å². The molecule has 23 heavy (non-hydrogen) atoms. The van der Waals surface area contributed by atoms with Gasteiger partial charge in [0, 0.05) is 39.9 Å². The quantitative estimate of drug-likeness (QED) is 0.438. The van der Waals surface area contributed by atoms with Crippen LogP contribution in [0.2, 0.25) is 0 Å². The molecule has 0 aliphatic rings. The van der Waals surface area contributed by atoms with Gasteiger partial charge in [0.2, 0.25) is 5.91 Å². The number of aromatic nitrogens is 2. The van der Waals surface area contributed by atoms with E-state index in [1.54, 1.807) is 19.0 Å². The van der Waals surface area contributed by atoms with Gasteiger partial charge in [0.05, 0.1) is 5.69 Å². The number of aryl methyl sites for hydroxylation is 2. The Balaban J connectivity index is 2.46. The van der Waals surface area contributed by atoms with Gasteiger partial charge in [0.1, 0.15) is 6.54 Å². The van der Waals surface area contributed by atoms with Crippen LogP contribution in [0.1, 0.15) is 30.3 Å². The first kappa shape index (κ1) is 19.0. The van der Waals surface area contributed by atoms with Crippen molar-refractivity contribution in [1.29, 1.82) is 0 Å². The average molecular weight is 322 g/mol. The van der Waals surface area contributed by atoms with Crippen LogP contribution >= 0.6 is 0 Å². The summed E-state index contributed by atoms with van der Waals surface area (Å²) >= 11 is 0. The van der Waals surface area contributed by atoms with E-state index in [-0.39, 0.29) is 12.5 Å². The number of hydrogen-bond acceptors (Lipinski definition) is 3. The molecule has 0 atom stereocenters. The molecule has 0 spiro atoms. The standard InChI is InChI=1S/C16H30N6O/c1-7-17-16(19-11-15(23)21(4)5)18-10-8-9-14-12(2)20-22(6)13(14)3/h7-11H2,1-6H3,(H2,17,18,19). The fourth-order valence-electron chi connectivity index (χ4n) is 2.28. The molecule has 130 valence electrons. The predicted molar refractivity (Wildman–Crippen MR) is 93.7 cm³/mol. The van der Waals surface area contributed by atoms with E-state index in [1.807, 2.05) is 25.6 Å². The van der Waals surface area contributed by atoms with Crippen LogP contribution in [0.5, 0.6) is 0 Å². The van der Waals surface area contributed by atoms with Gasteiger partial charge < -0.3 is 15.5 Å². The Labute approximate surface area is 139 Å². The van der Waals surface area contributed by atoms with Gasteiger partial charge in [0.15, 0.2) is 5.96 Å². The lowest BCUT2D eigenvalue weighted by Gasteiger charge is -2.12. The first-order valence-corrected chi connectivity index (χ1v) is 8.08. The summed E-state index contributed by atoms with van der Waals surface area (Å²) in [5.41, 5.74) is 3.64. The second-order valence-electron chi connectivity index (χ2n) is 5.79. The minimum Gasteiger partial charge on any atom is -0.357 e. The molecular formula is C16H30N6O. The Morgan fingerprint density at radius 3 is 2.52 bits per heavy atom. The van der Waals surface area contributed by atoms with Crippen molar-refractivity contribution in [3.63, 3.8) is 0 Å². The minimum absolute atomic E-state index is 0.0104. The Morgan fingerprint density at radius 2 is 2.00 bits per heavy atom. The third-order valence-corrected chi connectivity index (χ3v) is 3.77. The van der Waals surface area contributed by atoms with Gasteiger partial charge in [-0.1, -0.05) is 0 Å². The molecule has 1 aromatic rings. The summed E-state index contributed by atoms with van der Waals surface area (Å²) in [6.07, 6.45) is 1.97. The van der Waals surface area contributed by atoms with Crippen LogP contribution < -0.4 is 10.6 Å². The van der Waals surface area contributed by atoms with Crippen molar-refractivity contribution in [3.05, 3.63) is 17.0 Å². The van der Waals surface area contributed by atoms with Gasteiger partial charge in [0.25, 0.3) is 0 Å². The highest BCUT2D eigenvalue weighted by molar-refractivity contribution is 5.84. The summed E-state index contributed by atoms with van der Waals surface area (Å²) < 4.78 is 1.93. The van der Waals surface area contributed by atoms with E-state index in [2.05, 4.69) is 27.6 Å². The smallest absolute Gasteiger partial charge is 0.243 e. The molecule has 0 aliphatic carbocycles. The molecular weight excluding hydrogens is 292 g/mol. The number of aliphatic imine (C=N–C) groups is 1. The average Bonchev–Trinajstić information content (AvgIpc) is 2.74. The molecule has 0 bridgehead atoms. The topological polar surface area (TPSA) is 74.6 Å². The van der Waals surface area contributed by atoms with Crippen molar-refractivity contribution in [2.24, 2.45) is 12.0 Å². The van der Waals surface area contributed by atoms with Crippen molar-refractivity contribution < 1.29 is 4.79 Å². The molecule has 0 unspecified atom stereocenters. The van der Waals surface area contributed by atoms with Gasteiger partial charge >= 0.3 is 0 Å². The van der Waals surface area contributed by atoms with Crippen molar-refractivity contribution >= 4 is 11.9 Å². The number of nitrogens with one attached hydrogen (secondary N) is 2. The summed E-state index contributed by atoms with van der Waals surface area (Å²) in [4.78, 5) is 17.4. The number of likely N-dealkylation sites (N-methyl/N-ethyl adjacent to an activating group) is 1. The SMILES string of the molecule is CCNC(=NCC(=O)N(C)C)NCCCc1c(C)nn(C)c1C. The van der Waals surface area contributed by atoms with E-state index in [0.717, 1.165) is 31.6 Å². The summed E-state index contributed by atoms with van der Waals surface area (Å²) in [5, 5.41) is 10.9. The highest BCUT2D eigenvalue weighted by Crippen LogP contribution is 2.13. The number of rotatable bonds is 7. The molecule has 0 aliphatic heterocycles. The third-order valence-electron chi connectivity index (χ3n) is 3.77. The van der Waals surface area contributed by atoms with Crippen LogP contribution in [0.3, 0.4) is 0 Å². The Bertz CT molecular complexity index is 547. The van der Waals surface area contributed by atoms with Crippen LogP contribution in [0.15, 0.2) is 4.99 Å². The zero-order valence-corrected chi connectivity index (χ0v) is 15.2. The second kappa shape index (κ2) is 9.17. The minimum atomic E-state index is -0.0104. The lowest BCUT2D eigenvalue weighted by atomic mass is 10.1. The molecule has 1 aromatic heterocycles. The van der Waals surface area contributed by atoms with Crippen LogP contribution in [0, 0.1) is 13.8 Å². The molecule has 0 aromatic carbocycles. The molecule has 7 heteroatoms. The highest BCUT2D eigenvalue weighted by Gasteiger charge is 2.09. The number of hydrogen-bond donors (Lipinski definition) is 2. The van der Waals surface area contributed by atoms with Crippen molar-refractivity contribution in [3.8, 4) is 0 Å². The maximum Gasteiger partial charge on any atom is 0.243 e. The predicted octanol–water partition coefficient (Wildman–Crippen LogP) is 0.613. The summed E-state index contributed by atoms with van der Waals surface area (Å²) in [7, 11) is 5.44. The normalized spacial score (nSPS) is 11.5. The molecule has 0 fully saturated rings. The lowest BCUT2D eigenvalue weighted by Crippen LogP contribution is -2.39. The monoisotopic (exact) mass is 322 g/mol. The molecule has 2 N–H and O–H groups in total. The number of carbonyl (C=O) groups excluding carboxylic acids is 1. The summed E-state index contributed by atoms with van der Waals surface area (Å²) in [6.45, 7) is 7.88. The summed E-state index contributed by atoms with van der Waals surface area (Å²) in [5.74, 6) is 0.672. The number of carbonyl (C=O) groups is 1. The maximum absolute atomic E-state index is 11.6. The zero-order valence-electron chi connectivity index (χ0n) is 15.2. The molecule has 0 radical (unpaired) electrons. The van der Waals surface area contributed by atoms with E-state index in [0.29, 0.717) is 5.96 Å². The highest BCUT2D eigenvalue weighted by atomic mass is 16.2. The Hall–Kier alpha value is -2.05. The van der Waals surface area contributed by atoms with Crippen molar-refractivity contribution in [1.82, 2.24) is 25.3 Å². The first-order valence-electron chi connectivity index (χ1n) is 8.08. The molecule has 0 saturated heterocycles. The van der Waals surface area contributed by atoms with Crippen molar-refractivity contribution in [2.75, 3.05) is 33.7 Å². The Kier molecular flexibility index (Phi) is 7.57. The Morgan fingerprint density at radius 1 is 1.30 bits per heavy atom. The van der Waals surface area contributed by atoms with Crippen LogP contribution in [0.25, 0.3) is 0 Å². The van der Waals surface area contributed by atoms with Gasteiger partial charge in [-0.25, -0.2) is 4.99 Å². The van der Waals surface area contributed by atoms with Gasteiger partial charge in [-0.3, -0.25) is 9.48 Å². The van der Waals surface area contributed by atoms with E-state index in [9.17, 15) is 4.79 Å². The molecule has 7 nitrogen and oxygen atoms in total. The number of amides is 1. The molecule has 1 amide bonds. The maximum atomic E-state index is 11.6. The molecule has 1 rings (SSSR count). The van der Waals surface area contributed by atoms with Gasteiger partial charge in [-0.15, -0.1) is 0 Å². The van der Waals surface area contributed by atoms with Crippen molar-refractivity contribution in [2.45, 2.75) is 33.6 Å². The van der Waals surface area contributed by atoms with E-state index in [4.69, 9.17) is 0 Å². The largest absolute Gasteiger partial charge is 0.357 e. The third kappa shape index (κ3) is 5.92. The fraction of sp³-hybridized carbons (Fsp3) is 0.688. The summed E-state index contributed by atoms with van der Waals surface area (Å²) in [6, 6.07) is 0. The van der Waals surface area contributed by atoms with Gasteiger partial charge in [-0.05, 0) is 39.2 Å². The van der Waals surface area contributed by atoms with E-state index >= 15 is 0 Å². The fourth-order valence-corrected chi connectivity index (χ4v) is 2.28. The molecule has 1 heterocycles. The van der Waals surface area contributed by atoms with E-state index in [1.165, 1.54) is 11.3 Å². The van der Waals surface area contributed by atoms with Crippen LogP contribution in [-0.2, 0) is 18.3 Å². The van der Waals surface area contributed by atoms with Crippen LogP contribution in [0.4, 0.5) is 0 Å². The second-order valence-corrected chi connectivity index (χ2v) is 5.79. The first-order chi connectivity index (χ1) is 10.9.